The number of benzene rings is 2. The summed E-state index contributed by atoms with van der Waals surface area (Å²) in [5.41, 5.74) is 2.53. The molecule has 4 rings (SSSR count). The van der Waals surface area contributed by atoms with Crippen LogP contribution in [0.25, 0.3) is 21.9 Å². The number of carbonyl (C=O) groups excluding carboxylic acids is 1. The first kappa shape index (κ1) is 22.1. The summed E-state index contributed by atoms with van der Waals surface area (Å²) in [5, 5.41) is 13.8. The van der Waals surface area contributed by atoms with Gasteiger partial charge in [-0.15, -0.1) is 0 Å². The van der Waals surface area contributed by atoms with Crippen molar-refractivity contribution >= 4 is 33.7 Å². The van der Waals surface area contributed by atoms with Crippen LogP contribution in [0.3, 0.4) is 0 Å². The minimum atomic E-state index is -1.13. The predicted molar refractivity (Wildman–Crippen MR) is 124 cm³/mol. The minimum Gasteiger partial charge on any atom is -0.484 e. The Hall–Kier alpha value is -4.07. The van der Waals surface area contributed by atoms with Gasteiger partial charge >= 0.3 is 11.6 Å². The second-order valence-electron chi connectivity index (χ2n) is 7.81. The van der Waals surface area contributed by atoms with Crippen LogP contribution in [0.2, 0.25) is 0 Å². The van der Waals surface area contributed by atoms with Crippen molar-refractivity contribution in [3.8, 4) is 5.75 Å². The van der Waals surface area contributed by atoms with Gasteiger partial charge in [-0.1, -0.05) is 31.5 Å². The molecule has 4 aromatic rings. The zero-order valence-electron chi connectivity index (χ0n) is 18.1. The molecule has 2 heterocycles. The Kier molecular flexibility index (Phi) is 6.44. The number of para-hydroxylation sites is 1. The van der Waals surface area contributed by atoms with Gasteiger partial charge in [-0.25, -0.2) is 9.59 Å². The highest BCUT2D eigenvalue weighted by atomic mass is 16.5. The van der Waals surface area contributed by atoms with E-state index in [0.717, 1.165) is 40.3 Å². The van der Waals surface area contributed by atoms with Crippen LogP contribution >= 0.6 is 0 Å². The average molecular weight is 448 g/mol. The van der Waals surface area contributed by atoms with Crippen LogP contribution in [0, 0.1) is 0 Å². The zero-order chi connectivity index (χ0) is 23.4. The van der Waals surface area contributed by atoms with Crippen LogP contribution in [-0.2, 0) is 22.4 Å². The molecule has 0 saturated carbocycles. The third kappa shape index (κ3) is 5.06. The molecule has 1 amide bonds. The highest BCUT2D eigenvalue weighted by Gasteiger charge is 2.22. The first-order valence-electron chi connectivity index (χ1n) is 10.7. The van der Waals surface area contributed by atoms with E-state index in [1.54, 1.807) is 24.4 Å². The van der Waals surface area contributed by atoms with Crippen molar-refractivity contribution in [3.63, 3.8) is 0 Å². The molecule has 8 heteroatoms. The quantitative estimate of drug-likeness (QED) is 0.337. The van der Waals surface area contributed by atoms with Gasteiger partial charge in [0.2, 0.25) is 0 Å². The van der Waals surface area contributed by atoms with E-state index in [4.69, 9.17) is 9.15 Å². The first-order chi connectivity index (χ1) is 15.9. The minimum absolute atomic E-state index is 0.131. The number of aliphatic carboxylic acids is 1. The molecular formula is C25H24N2O6. The zero-order valence-corrected chi connectivity index (χ0v) is 18.1. The Bertz CT molecular complexity index is 1370. The van der Waals surface area contributed by atoms with E-state index in [0.29, 0.717) is 11.3 Å². The van der Waals surface area contributed by atoms with Gasteiger partial charge in [0, 0.05) is 41.0 Å². The maximum absolute atomic E-state index is 12.4. The second-order valence-corrected chi connectivity index (χ2v) is 7.81. The van der Waals surface area contributed by atoms with Crippen LogP contribution < -0.4 is 15.7 Å². The van der Waals surface area contributed by atoms with Crippen molar-refractivity contribution in [1.82, 2.24) is 10.3 Å². The van der Waals surface area contributed by atoms with Gasteiger partial charge in [0.25, 0.3) is 5.91 Å². The third-order valence-corrected chi connectivity index (χ3v) is 5.42. The van der Waals surface area contributed by atoms with Gasteiger partial charge in [0.15, 0.2) is 6.61 Å². The fourth-order valence-electron chi connectivity index (χ4n) is 3.88. The highest BCUT2D eigenvalue weighted by Crippen LogP contribution is 2.24. The number of fused-ring (bicyclic) bond motifs is 2. The fourth-order valence-corrected chi connectivity index (χ4v) is 3.88. The summed E-state index contributed by atoms with van der Waals surface area (Å²) < 4.78 is 10.8. The molecule has 0 aliphatic carbocycles. The standard InChI is InChI=1S/C25H24N2O6/c1-2-5-15-11-24(29)33-22-12-17(8-9-19(15)22)32-14-23(28)27-21(25(30)31)10-16-13-26-20-7-4-3-6-18(16)20/h3-4,6-9,11-13,21,26H,2,5,10,14H2,1H3,(H,27,28)(H,30,31)/t21-/m0/s1. The van der Waals surface area contributed by atoms with E-state index in [9.17, 15) is 19.5 Å². The van der Waals surface area contributed by atoms with Crippen molar-refractivity contribution in [1.29, 1.82) is 0 Å². The largest absolute Gasteiger partial charge is 0.484 e. The summed E-state index contributed by atoms with van der Waals surface area (Å²) in [6, 6.07) is 13.0. The number of aryl methyl sites for hydroxylation is 1. The molecule has 0 radical (unpaired) electrons. The molecule has 3 N–H and O–H groups in total. The summed E-state index contributed by atoms with van der Waals surface area (Å²) in [5.74, 6) is -1.36. The van der Waals surface area contributed by atoms with E-state index in [1.807, 2.05) is 31.2 Å². The van der Waals surface area contributed by atoms with Crippen molar-refractivity contribution < 1.29 is 23.8 Å². The van der Waals surface area contributed by atoms with Gasteiger partial charge in [-0.2, -0.15) is 0 Å². The van der Waals surface area contributed by atoms with E-state index < -0.39 is 23.5 Å². The first-order valence-corrected chi connectivity index (χ1v) is 10.7. The molecule has 0 saturated heterocycles. The maximum atomic E-state index is 12.4. The van der Waals surface area contributed by atoms with Crippen molar-refractivity contribution in [2.24, 2.45) is 0 Å². The Morgan fingerprint density at radius 2 is 1.94 bits per heavy atom. The second kappa shape index (κ2) is 9.60. The lowest BCUT2D eigenvalue weighted by atomic mass is 10.1. The number of hydrogen-bond donors (Lipinski definition) is 3. The summed E-state index contributed by atoms with van der Waals surface area (Å²) in [6.45, 7) is 1.65. The number of amides is 1. The number of aromatic amines is 1. The third-order valence-electron chi connectivity index (χ3n) is 5.42. The Labute approximate surface area is 189 Å². The molecule has 0 aliphatic heterocycles. The number of carboxylic acids is 1. The number of H-pyrrole nitrogens is 1. The summed E-state index contributed by atoms with van der Waals surface area (Å²) in [4.78, 5) is 39.1. The van der Waals surface area contributed by atoms with Gasteiger partial charge in [-0.3, -0.25) is 4.79 Å². The van der Waals surface area contributed by atoms with Crippen LogP contribution in [0.1, 0.15) is 24.5 Å². The fraction of sp³-hybridized carbons (Fsp3) is 0.240. The summed E-state index contributed by atoms with van der Waals surface area (Å²) in [7, 11) is 0. The SMILES string of the molecule is CCCc1cc(=O)oc2cc(OCC(=O)N[C@@H](Cc3c[nH]c4ccccc34)C(=O)O)ccc12. The molecule has 2 aromatic carbocycles. The molecule has 0 spiro atoms. The predicted octanol–water partition coefficient (Wildman–Crippen LogP) is 3.42. The lowest BCUT2D eigenvalue weighted by molar-refractivity contribution is -0.142. The normalized spacial score (nSPS) is 12.0. The highest BCUT2D eigenvalue weighted by molar-refractivity contribution is 5.87. The summed E-state index contributed by atoms with van der Waals surface area (Å²) in [6.07, 6.45) is 3.52. The van der Waals surface area contributed by atoms with Gasteiger partial charge in [0.05, 0.1) is 0 Å². The molecule has 0 aliphatic rings. The number of carboxylic acid groups (broad SMARTS) is 1. The number of aromatic nitrogens is 1. The molecule has 170 valence electrons. The monoisotopic (exact) mass is 448 g/mol. The van der Waals surface area contributed by atoms with Gasteiger partial charge in [-0.05, 0) is 35.7 Å². The van der Waals surface area contributed by atoms with Gasteiger partial charge in [0.1, 0.15) is 17.4 Å². The van der Waals surface area contributed by atoms with Gasteiger partial charge < -0.3 is 24.6 Å². The van der Waals surface area contributed by atoms with E-state index >= 15 is 0 Å². The van der Waals surface area contributed by atoms with E-state index in [-0.39, 0.29) is 13.0 Å². The molecule has 0 bridgehead atoms. The lowest BCUT2D eigenvalue weighted by Gasteiger charge is -2.15. The smallest absolute Gasteiger partial charge is 0.336 e. The topological polar surface area (TPSA) is 122 Å². The molecule has 0 fully saturated rings. The number of carbonyl (C=O) groups is 2. The molecule has 2 aromatic heterocycles. The van der Waals surface area contributed by atoms with E-state index in [2.05, 4.69) is 10.3 Å². The Morgan fingerprint density at radius 3 is 2.73 bits per heavy atom. The van der Waals surface area contributed by atoms with Crippen molar-refractivity contribution in [2.45, 2.75) is 32.2 Å². The van der Waals surface area contributed by atoms with Crippen molar-refractivity contribution in [3.05, 3.63) is 76.3 Å². The van der Waals surface area contributed by atoms with Crippen LogP contribution in [-0.4, -0.2) is 34.6 Å². The van der Waals surface area contributed by atoms with Crippen LogP contribution in [0.4, 0.5) is 0 Å². The molecular weight excluding hydrogens is 424 g/mol. The molecule has 1 atom stereocenters. The van der Waals surface area contributed by atoms with E-state index in [1.165, 1.54) is 6.07 Å². The Balaban J connectivity index is 1.42. The molecule has 0 unspecified atom stereocenters. The maximum Gasteiger partial charge on any atom is 0.336 e. The Morgan fingerprint density at radius 1 is 1.12 bits per heavy atom. The molecule has 33 heavy (non-hydrogen) atoms. The number of rotatable bonds is 9. The molecule has 8 nitrogen and oxygen atoms in total. The van der Waals surface area contributed by atoms with Crippen LogP contribution in [0.5, 0.6) is 5.75 Å². The van der Waals surface area contributed by atoms with Crippen molar-refractivity contribution in [2.75, 3.05) is 6.61 Å². The summed E-state index contributed by atoms with van der Waals surface area (Å²) >= 11 is 0. The lowest BCUT2D eigenvalue weighted by Crippen LogP contribution is -2.44. The van der Waals surface area contributed by atoms with Crippen LogP contribution in [0.15, 0.2) is 63.9 Å². The number of hydrogen-bond acceptors (Lipinski definition) is 5. The number of ether oxygens (including phenoxy) is 1. The average Bonchev–Trinajstić information content (AvgIpc) is 3.20. The number of nitrogens with one attached hydrogen (secondary N) is 2.